The molecule has 2 aromatic carbocycles. The molecule has 0 heterocycles. The number of benzene rings is 2. The zero-order chi connectivity index (χ0) is 19.9. The van der Waals surface area contributed by atoms with Crippen molar-refractivity contribution in [2.75, 3.05) is 26.1 Å². The molecule has 0 aromatic heterocycles. The third-order valence-corrected chi connectivity index (χ3v) is 4.09. The molecule has 0 saturated carbocycles. The molecular formula is C19H21F3N2O2S. The second-order valence-electron chi connectivity index (χ2n) is 5.75. The molecule has 0 saturated heterocycles. The lowest BCUT2D eigenvalue weighted by molar-refractivity contribution is -0.137. The highest BCUT2D eigenvalue weighted by Crippen LogP contribution is 2.30. The number of hydrogen-bond acceptors (Lipinski definition) is 3. The zero-order valence-electron chi connectivity index (χ0n) is 15.0. The predicted octanol–water partition coefficient (Wildman–Crippen LogP) is 4.64. The lowest BCUT2D eigenvalue weighted by Crippen LogP contribution is -2.29. The van der Waals surface area contributed by atoms with Gasteiger partial charge in [0.2, 0.25) is 0 Å². The number of aryl methyl sites for hydroxylation is 1. The van der Waals surface area contributed by atoms with Gasteiger partial charge in [0.1, 0.15) is 0 Å². The SMILES string of the molecule is COc1ccc(CCCNC(=S)Nc2ccc(C(F)(F)F)cc2)cc1OC. The average Bonchev–Trinajstić information content (AvgIpc) is 2.64. The number of hydrogen-bond donors (Lipinski definition) is 2. The highest BCUT2D eigenvalue weighted by atomic mass is 32.1. The number of alkyl halides is 3. The van der Waals surface area contributed by atoms with Gasteiger partial charge in [0.05, 0.1) is 19.8 Å². The number of thiocarbonyl (C=S) groups is 1. The molecule has 2 aromatic rings. The van der Waals surface area contributed by atoms with Crippen LogP contribution in [0.4, 0.5) is 18.9 Å². The number of anilines is 1. The first-order chi connectivity index (χ1) is 12.8. The van der Waals surface area contributed by atoms with Gasteiger partial charge in [-0.15, -0.1) is 0 Å². The van der Waals surface area contributed by atoms with E-state index in [0.717, 1.165) is 30.5 Å². The van der Waals surface area contributed by atoms with E-state index in [-0.39, 0.29) is 0 Å². The van der Waals surface area contributed by atoms with Crippen LogP contribution in [0.25, 0.3) is 0 Å². The van der Waals surface area contributed by atoms with Gasteiger partial charge in [0.15, 0.2) is 16.6 Å². The molecule has 0 amide bonds. The summed E-state index contributed by atoms with van der Waals surface area (Å²) in [6, 6.07) is 10.5. The molecule has 8 heteroatoms. The van der Waals surface area contributed by atoms with E-state index in [4.69, 9.17) is 21.7 Å². The monoisotopic (exact) mass is 398 g/mol. The van der Waals surface area contributed by atoms with E-state index < -0.39 is 11.7 Å². The van der Waals surface area contributed by atoms with Crippen LogP contribution in [0.3, 0.4) is 0 Å². The van der Waals surface area contributed by atoms with Crippen LogP contribution in [0.15, 0.2) is 42.5 Å². The summed E-state index contributed by atoms with van der Waals surface area (Å²) in [7, 11) is 3.18. The van der Waals surface area contributed by atoms with Crippen LogP contribution in [-0.4, -0.2) is 25.9 Å². The summed E-state index contributed by atoms with van der Waals surface area (Å²) >= 11 is 5.16. The van der Waals surface area contributed by atoms with Crippen molar-refractivity contribution >= 4 is 23.0 Å². The highest BCUT2D eigenvalue weighted by molar-refractivity contribution is 7.80. The summed E-state index contributed by atoms with van der Waals surface area (Å²) in [5.41, 5.74) is 0.915. The first-order valence-electron chi connectivity index (χ1n) is 8.26. The van der Waals surface area contributed by atoms with Crippen molar-refractivity contribution < 1.29 is 22.6 Å². The van der Waals surface area contributed by atoms with Crippen molar-refractivity contribution in [3.05, 3.63) is 53.6 Å². The Morgan fingerprint density at radius 2 is 1.67 bits per heavy atom. The third-order valence-electron chi connectivity index (χ3n) is 3.85. The van der Waals surface area contributed by atoms with Crippen molar-refractivity contribution in [2.24, 2.45) is 0 Å². The van der Waals surface area contributed by atoms with E-state index in [0.29, 0.717) is 28.8 Å². The van der Waals surface area contributed by atoms with E-state index in [1.165, 1.54) is 12.1 Å². The van der Waals surface area contributed by atoms with Crippen LogP contribution in [0.2, 0.25) is 0 Å². The second kappa shape index (κ2) is 9.45. The molecule has 0 bridgehead atoms. The maximum Gasteiger partial charge on any atom is 0.416 e. The molecule has 146 valence electrons. The van der Waals surface area contributed by atoms with Crippen molar-refractivity contribution in [2.45, 2.75) is 19.0 Å². The Hall–Kier alpha value is -2.48. The quantitative estimate of drug-likeness (QED) is 0.525. The van der Waals surface area contributed by atoms with Crippen LogP contribution in [0, 0.1) is 0 Å². The lowest BCUT2D eigenvalue weighted by atomic mass is 10.1. The molecular weight excluding hydrogens is 377 g/mol. The van der Waals surface area contributed by atoms with Gasteiger partial charge in [-0.1, -0.05) is 6.07 Å². The van der Waals surface area contributed by atoms with Gasteiger partial charge in [0.25, 0.3) is 0 Å². The van der Waals surface area contributed by atoms with Crippen LogP contribution >= 0.6 is 12.2 Å². The number of nitrogens with one attached hydrogen (secondary N) is 2. The van der Waals surface area contributed by atoms with Gasteiger partial charge in [-0.3, -0.25) is 0 Å². The highest BCUT2D eigenvalue weighted by Gasteiger charge is 2.29. The Kier molecular flexibility index (Phi) is 7.29. The summed E-state index contributed by atoms with van der Waals surface area (Å²) in [5, 5.41) is 6.27. The summed E-state index contributed by atoms with van der Waals surface area (Å²) < 4.78 is 48.1. The first kappa shape index (κ1) is 20.8. The Labute approximate surface area is 161 Å². The normalized spacial score (nSPS) is 11.0. The van der Waals surface area contributed by atoms with Gasteiger partial charge in [-0.2, -0.15) is 13.2 Å². The minimum atomic E-state index is -4.35. The van der Waals surface area contributed by atoms with E-state index in [9.17, 15) is 13.2 Å². The molecule has 0 atom stereocenters. The molecule has 0 aliphatic heterocycles. The number of halogens is 3. The molecule has 4 nitrogen and oxygen atoms in total. The fraction of sp³-hybridized carbons (Fsp3) is 0.316. The van der Waals surface area contributed by atoms with Gasteiger partial charge in [-0.05, 0) is 67.0 Å². The van der Waals surface area contributed by atoms with Gasteiger partial charge in [-0.25, -0.2) is 0 Å². The molecule has 0 radical (unpaired) electrons. The van der Waals surface area contributed by atoms with E-state index in [2.05, 4.69) is 10.6 Å². The largest absolute Gasteiger partial charge is 0.493 e. The minimum Gasteiger partial charge on any atom is -0.493 e. The van der Waals surface area contributed by atoms with Crippen LogP contribution in [0.5, 0.6) is 11.5 Å². The van der Waals surface area contributed by atoms with Crippen LogP contribution < -0.4 is 20.1 Å². The maximum absolute atomic E-state index is 12.5. The topological polar surface area (TPSA) is 42.5 Å². The number of ether oxygens (including phenoxy) is 2. The fourth-order valence-corrected chi connectivity index (χ4v) is 2.67. The molecule has 27 heavy (non-hydrogen) atoms. The number of rotatable bonds is 7. The van der Waals surface area contributed by atoms with Crippen molar-refractivity contribution in [1.82, 2.24) is 5.32 Å². The summed E-state index contributed by atoms with van der Waals surface area (Å²) in [6.07, 6.45) is -2.71. The van der Waals surface area contributed by atoms with Gasteiger partial charge < -0.3 is 20.1 Å². The smallest absolute Gasteiger partial charge is 0.416 e. The van der Waals surface area contributed by atoms with Gasteiger partial charge >= 0.3 is 6.18 Å². The van der Waals surface area contributed by atoms with Crippen molar-refractivity contribution in [3.63, 3.8) is 0 Å². The molecule has 0 aliphatic rings. The minimum absolute atomic E-state index is 0.363. The Balaban J connectivity index is 1.76. The molecule has 0 fully saturated rings. The second-order valence-corrected chi connectivity index (χ2v) is 6.16. The molecule has 2 rings (SSSR count). The van der Waals surface area contributed by atoms with Crippen LogP contribution in [-0.2, 0) is 12.6 Å². The summed E-state index contributed by atoms with van der Waals surface area (Å²) in [6.45, 7) is 0.626. The number of methoxy groups -OCH3 is 2. The Bertz CT molecular complexity index is 765. The van der Waals surface area contributed by atoms with Crippen molar-refractivity contribution in [3.8, 4) is 11.5 Å². The Morgan fingerprint density at radius 1 is 1.00 bits per heavy atom. The third kappa shape index (κ3) is 6.32. The van der Waals surface area contributed by atoms with Gasteiger partial charge in [0, 0.05) is 12.2 Å². The summed E-state index contributed by atoms with van der Waals surface area (Å²) in [5.74, 6) is 1.36. The molecule has 0 aliphatic carbocycles. The predicted molar refractivity (Wildman–Crippen MR) is 104 cm³/mol. The Morgan fingerprint density at radius 3 is 2.26 bits per heavy atom. The zero-order valence-corrected chi connectivity index (χ0v) is 15.8. The maximum atomic E-state index is 12.5. The molecule has 0 spiro atoms. The van der Waals surface area contributed by atoms with Crippen molar-refractivity contribution in [1.29, 1.82) is 0 Å². The average molecular weight is 398 g/mol. The molecule has 0 unspecified atom stereocenters. The standard InChI is InChI=1S/C19H21F3N2O2S/c1-25-16-10-5-13(12-17(16)26-2)4-3-11-23-18(27)24-15-8-6-14(7-9-15)19(20,21)22/h5-10,12H,3-4,11H2,1-2H3,(H2,23,24,27). The fourth-order valence-electron chi connectivity index (χ4n) is 2.45. The molecule has 2 N–H and O–H groups in total. The van der Waals surface area contributed by atoms with E-state index in [1.807, 2.05) is 18.2 Å². The van der Waals surface area contributed by atoms with Crippen LogP contribution in [0.1, 0.15) is 17.5 Å². The first-order valence-corrected chi connectivity index (χ1v) is 8.67. The van der Waals surface area contributed by atoms with E-state index in [1.54, 1.807) is 14.2 Å². The lowest BCUT2D eigenvalue weighted by Gasteiger charge is -2.12. The summed E-state index contributed by atoms with van der Waals surface area (Å²) in [4.78, 5) is 0. The van der Waals surface area contributed by atoms with E-state index >= 15 is 0 Å².